The van der Waals surface area contributed by atoms with Crippen LogP contribution in [0.4, 0.5) is 4.79 Å². The quantitative estimate of drug-likeness (QED) is 0.791. The Bertz CT molecular complexity index is 471. The molecule has 0 unspecified atom stereocenters. The van der Waals surface area contributed by atoms with Crippen molar-refractivity contribution < 1.29 is 18.3 Å². The van der Waals surface area contributed by atoms with E-state index in [1.54, 1.807) is 18.7 Å². The van der Waals surface area contributed by atoms with Gasteiger partial charge in [-0.15, -0.1) is 0 Å². The van der Waals surface area contributed by atoms with Gasteiger partial charge >= 0.3 is 6.03 Å². The molecule has 1 fully saturated rings. The minimum absolute atomic E-state index is 0.0152. The summed E-state index contributed by atoms with van der Waals surface area (Å²) in [7, 11) is -3.13. The average Bonchev–Trinajstić information content (AvgIpc) is 2.37. The molecular weight excluding hydrogens is 292 g/mol. The maximum absolute atomic E-state index is 12.2. The number of hydrogen-bond donors (Lipinski definition) is 2. The number of nitrogens with one attached hydrogen (secondary N) is 1. The van der Waals surface area contributed by atoms with Gasteiger partial charge in [0.05, 0.1) is 10.5 Å². The summed E-state index contributed by atoms with van der Waals surface area (Å²) in [4.78, 5) is 13.8. The lowest BCUT2D eigenvalue weighted by Gasteiger charge is -2.38. The number of nitrogens with zero attached hydrogens (tertiary/aromatic N) is 1. The summed E-state index contributed by atoms with van der Waals surface area (Å²) in [6.07, 6.45) is 1.53. The van der Waals surface area contributed by atoms with Crippen molar-refractivity contribution in [2.45, 2.75) is 45.3 Å². The molecule has 7 heteroatoms. The largest absolute Gasteiger partial charge is 0.396 e. The Balaban J connectivity index is 2.54. The van der Waals surface area contributed by atoms with Gasteiger partial charge in [0, 0.05) is 26.2 Å². The van der Waals surface area contributed by atoms with Crippen LogP contribution in [0.2, 0.25) is 0 Å². The number of aliphatic hydroxyl groups is 1. The smallest absolute Gasteiger partial charge is 0.317 e. The van der Waals surface area contributed by atoms with Gasteiger partial charge in [0.1, 0.15) is 0 Å². The van der Waals surface area contributed by atoms with Crippen molar-refractivity contribution in [1.29, 1.82) is 0 Å². The second-order valence-corrected chi connectivity index (χ2v) is 9.89. The van der Waals surface area contributed by atoms with Gasteiger partial charge in [-0.25, -0.2) is 13.2 Å². The summed E-state index contributed by atoms with van der Waals surface area (Å²) in [6, 6.07) is -0.213. The van der Waals surface area contributed by atoms with E-state index in [2.05, 4.69) is 5.32 Å². The highest BCUT2D eigenvalue weighted by Gasteiger charge is 2.41. The standard InChI is InChI=1S/C14H28N2O4S/c1-13(2,6-5-8-17)10-15-12(18)16-7-9-21(19,20)14(3,4)11-16/h17H,5-11H2,1-4H3,(H,15,18). The SMILES string of the molecule is CC(C)(CCCO)CNC(=O)N1CCS(=O)(=O)C(C)(C)C1. The van der Waals surface area contributed by atoms with Crippen molar-refractivity contribution >= 4 is 15.9 Å². The molecule has 0 atom stereocenters. The van der Waals surface area contributed by atoms with Crippen LogP contribution in [-0.2, 0) is 9.84 Å². The zero-order valence-corrected chi connectivity index (χ0v) is 14.3. The first kappa shape index (κ1) is 18.2. The minimum atomic E-state index is -3.13. The van der Waals surface area contributed by atoms with E-state index in [0.717, 1.165) is 6.42 Å². The van der Waals surface area contributed by atoms with E-state index < -0.39 is 14.6 Å². The summed E-state index contributed by atoms with van der Waals surface area (Å²) in [5.74, 6) is 0.0152. The molecule has 0 aromatic heterocycles. The third kappa shape index (κ3) is 4.85. The Labute approximate surface area is 127 Å². The first-order chi connectivity index (χ1) is 9.51. The number of urea groups is 1. The van der Waals surface area contributed by atoms with Crippen LogP contribution in [0.1, 0.15) is 40.5 Å². The van der Waals surface area contributed by atoms with E-state index in [4.69, 9.17) is 5.11 Å². The molecule has 1 aliphatic rings. The highest BCUT2D eigenvalue weighted by atomic mass is 32.2. The second kappa shape index (κ2) is 6.52. The van der Waals surface area contributed by atoms with Crippen molar-refractivity contribution in [1.82, 2.24) is 10.2 Å². The fourth-order valence-corrected chi connectivity index (χ4v) is 3.76. The van der Waals surface area contributed by atoms with Crippen LogP contribution in [0.25, 0.3) is 0 Å². The molecule has 0 aromatic rings. The van der Waals surface area contributed by atoms with Crippen LogP contribution in [0, 0.1) is 5.41 Å². The van der Waals surface area contributed by atoms with E-state index in [0.29, 0.717) is 13.0 Å². The molecule has 0 aromatic carbocycles. The molecule has 0 radical (unpaired) electrons. The lowest BCUT2D eigenvalue weighted by Crippen LogP contribution is -2.57. The van der Waals surface area contributed by atoms with Crippen LogP contribution < -0.4 is 5.32 Å². The van der Waals surface area contributed by atoms with Gasteiger partial charge in [-0.1, -0.05) is 13.8 Å². The highest BCUT2D eigenvalue weighted by Crippen LogP contribution is 2.24. The van der Waals surface area contributed by atoms with E-state index in [1.807, 2.05) is 13.8 Å². The van der Waals surface area contributed by atoms with Gasteiger partial charge in [0.2, 0.25) is 0 Å². The molecule has 21 heavy (non-hydrogen) atoms. The minimum Gasteiger partial charge on any atom is -0.396 e. The molecule has 6 nitrogen and oxygen atoms in total. The molecule has 0 bridgehead atoms. The first-order valence-corrected chi connectivity index (χ1v) is 9.02. The summed E-state index contributed by atoms with van der Waals surface area (Å²) < 4.78 is 23.0. The van der Waals surface area contributed by atoms with Crippen molar-refractivity contribution in [3.05, 3.63) is 0 Å². The van der Waals surface area contributed by atoms with Crippen molar-refractivity contribution in [3.8, 4) is 0 Å². The molecule has 124 valence electrons. The average molecular weight is 320 g/mol. The number of amides is 2. The van der Waals surface area contributed by atoms with Crippen LogP contribution in [0.3, 0.4) is 0 Å². The van der Waals surface area contributed by atoms with Gasteiger partial charge in [-0.05, 0) is 32.1 Å². The zero-order chi connectivity index (χ0) is 16.3. The molecule has 2 amide bonds. The second-order valence-electron chi connectivity index (χ2n) is 7.15. The Kier molecular flexibility index (Phi) is 5.66. The molecule has 1 saturated heterocycles. The van der Waals surface area contributed by atoms with Gasteiger partial charge in [0.25, 0.3) is 0 Å². The fraction of sp³-hybridized carbons (Fsp3) is 0.929. The van der Waals surface area contributed by atoms with Crippen molar-refractivity contribution in [2.24, 2.45) is 5.41 Å². The van der Waals surface area contributed by atoms with E-state index >= 15 is 0 Å². The van der Waals surface area contributed by atoms with Crippen LogP contribution >= 0.6 is 0 Å². The summed E-state index contributed by atoms with van der Waals surface area (Å²) in [5, 5.41) is 11.7. The lowest BCUT2D eigenvalue weighted by molar-refractivity contribution is 0.183. The van der Waals surface area contributed by atoms with E-state index in [9.17, 15) is 13.2 Å². The number of carbonyl (C=O) groups is 1. The molecule has 1 rings (SSSR count). The molecule has 0 saturated carbocycles. The van der Waals surface area contributed by atoms with Crippen LogP contribution in [-0.4, -0.2) is 61.2 Å². The summed E-state index contributed by atoms with van der Waals surface area (Å²) in [5.41, 5.74) is -0.0875. The number of carbonyl (C=O) groups excluding carboxylic acids is 1. The Morgan fingerprint density at radius 2 is 2.00 bits per heavy atom. The Morgan fingerprint density at radius 3 is 2.52 bits per heavy atom. The topological polar surface area (TPSA) is 86.7 Å². The number of rotatable bonds is 5. The predicted molar refractivity (Wildman–Crippen MR) is 82.9 cm³/mol. The van der Waals surface area contributed by atoms with Crippen molar-refractivity contribution in [3.63, 3.8) is 0 Å². The van der Waals surface area contributed by atoms with Gasteiger partial charge in [-0.2, -0.15) is 0 Å². The third-order valence-corrected chi connectivity index (χ3v) is 6.59. The molecule has 0 aliphatic carbocycles. The van der Waals surface area contributed by atoms with Crippen LogP contribution in [0.5, 0.6) is 0 Å². The molecule has 2 N–H and O–H groups in total. The highest BCUT2D eigenvalue weighted by molar-refractivity contribution is 7.92. The first-order valence-electron chi connectivity index (χ1n) is 7.37. The van der Waals surface area contributed by atoms with E-state index in [-0.39, 0.29) is 36.9 Å². The Morgan fingerprint density at radius 1 is 1.38 bits per heavy atom. The lowest BCUT2D eigenvalue weighted by atomic mass is 9.88. The maximum Gasteiger partial charge on any atom is 0.317 e. The normalized spacial score (nSPS) is 21.1. The van der Waals surface area contributed by atoms with Crippen LogP contribution in [0.15, 0.2) is 0 Å². The van der Waals surface area contributed by atoms with Gasteiger partial charge in [0.15, 0.2) is 9.84 Å². The summed E-state index contributed by atoms with van der Waals surface area (Å²) in [6.45, 7) is 8.51. The summed E-state index contributed by atoms with van der Waals surface area (Å²) >= 11 is 0. The van der Waals surface area contributed by atoms with Gasteiger partial charge < -0.3 is 15.3 Å². The van der Waals surface area contributed by atoms with Gasteiger partial charge in [-0.3, -0.25) is 0 Å². The molecule has 1 heterocycles. The Hall–Kier alpha value is -0.820. The number of hydrogen-bond acceptors (Lipinski definition) is 4. The molecule has 0 spiro atoms. The molecular formula is C14H28N2O4S. The van der Waals surface area contributed by atoms with E-state index in [1.165, 1.54) is 0 Å². The fourth-order valence-electron chi connectivity index (χ4n) is 2.39. The van der Waals surface area contributed by atoms with Crippen molar-refractivity contribution in [2.75, 3.05) is 32.0 Å². The number of aliphatic hydroxyl groups excluding tert-OH is 1. The zero-order valence-electron chi connectivity index (χ0n) is 13.5. The third-order valence-electron chi connectivity index (χ3n) is 4.06. The maximum atomic E-state index is 12.2. The monoisotopic (exact) mass is 320 g/mol. The number of sulfone groups is 1. The molecule has 1 aliphatic heterocycles. The predicted octanol–water partition coefficient (Wildman–Crippen LogP) is 1.00.